The van der Waals surface area contributed by atoms with Crippen LogP contribution < -0.4 is 11.7 Å². The third-order valence-electron chi connectivity index (χ3n) is 1.72. The van der Waals surface area contributed by atoms with Crippen molar-refractivity contribution in [3.05, 3.63) is 0 Å². The molecule has 0 unspecified atom stereocenters. The highest BCUT2D eigenvalue weighted by Gasteiger charge is 2.53. The summed E-state index contributed by atoms with van der Waals surface area (Å²) in [4.78, 5) is 31.6. The number of hydrazine groups is 1. The van der Waals surface area contributed by atoms with E-state index in [-0.39, 0.29) is 6.42 Å². The zero-order valence-corrected chi connectivity index (χ0v) is 8.14. The average molecular weight is 222 g/mol. The maximum absolute atomic E-state index is 10.5. The summed E-state index contributed by atoms with van der Waals surface area (Å²) in [6.07, 6.45) is -0.252. The quantitative estimate of drug-likeness (QED) is 0.221. The minimum absolute atomic E-state index is 0.172. The van der Waals surface area contributed by atoms with Gasteiger partial charge in [-0.1, -0.05) is 13.3 Å². The maximum Gasteiger partial charge on any atom is 0.332 e. The normalized spacial score (nSPS) is 9.80. The second-order valence-corrected chi connectivity index (χ2v) is 2.57. The van der Waals surface area contributed by atoms with Gasteiger partial charge >= 0.3 is 17.9 Å². The first-order valence-electron chi connectivity index (χ1n) is 3.93. The van der Waals surface area contributed by atoms with E-state index in [9.17, 15) is 14.4 Å². The molecule has 0 aromatic rings. The Kier molecular flexibility index (Phi) is 7.09. The van der Waals surface area contributed by atoms with Gasteiger partial charge in [0.05, 0.1) is 0 Å². The lowest BCUT2D eigenvalue weighted by Gasteiger charge is -2.18. The topological polar surface area (TPSA) is 164 Å². The second kappa shape index (κ2) is 6.74. The van der Waals surface area contributed by atoms with Crippen molar-refractivity contribution in [1.82, 2.24) is 0 Å². The molecule has 0 saturated heterocycles. The molecule has 15 heavy (non-hydrogen) atoms. The molecular weight excluding hydrogens is 208 g/mol. The molecule has 0 radical (unpaired) electrons. The standard InChI is InChI=1S/C7H10O6.H4N2/c1-2-3-7(4(8)9,5(10)11)6(12)13;1-2/h2-3H2,1H3,(H,8,9)(H,10,11)(H,12,13);1-2H2. The van der Waals surface area contributed by atoms with E-state index in [0.717, 1.165) is 0 Å². The summed E-state index contributed by atoms with van der Waals surface area (Å²) in [5, 5.41) is 25.6. The molecule has 0 spiro atoms. The highest BCUT2D eigenvalue weighted by Crippen LogP contribution is 2.25. The summed E-state index contributed by atoms with van der Waals surface area (Å²) >= 11 is 0. The van der Waals surface area contributed by atoms with E-state index in [1.54, 1.807) is 0 Å². The summed E-state index contributed by atoms with van der Waals surface area (Å²) in [5.41, 5.74) is -2.70. The van der Waals surface area contributed by atoms with Crippen LogP contribution in [0.4, 0.5) is 0 Å². The predicted molar refractivity (Wildman–Crippen MR) is 48.6 cm³/mol. The summed E-state index contributed by atoms with van der Waals surface area (Å²) in [6, 6.07) is 0. The Bertz CT molecular complexity index is 216. The summed E-state index contributed by atoms with van der Waals surface area (Å²) in [7, 11) is 0. The number of carboxylic acids is 3. The first-order valence-corrected chi connectivity index (χ1v) is 3.93. The van der Waals surface area contributed by atoms with Gasteiger partial charge in [-0.2, -0.15) is 0 Å². The molecule has 0 amide bonds. The lowest BCUT2D eigenvalue weighted by Crippen LogP contribution is -2.46. The number of hydrogen-bond acceptors (Lipinski definition) is 5. The van der Waals surface area contributed by atoms with Crippen LogP contribution in [0.3, 0.4) is 0 Å². The van der Waals surface area contributed by atoms with Crippen LogP contribution >= 0.6 is 0 Å². The van der Waals surface area contributed by atoms with E-state index in [1.807, 2.05) is 0 Å². The van der Waals surface area contributed by atoms with Gasteiger partial charge in [0, 0.05) is 0 Å². The van der Waals surface area contributed by atoms with Crippen LogP contribution in [0.5, 0.6) is 0 Å². The highest BCUT2D eigenvalue weighted by atomic mass is 16.4. The van der Waals surface area contributed by atoms with E-state index in [2.05, 4.69) is 11.7 Å². The van der Waals surface area contributed by atoms with Gasteiger partial charge in [0.15, 0.2) is 0 Å². The van der Waals surface area contributed by atoms with Gasteiger partial charge < -0.3 is 15.3 Å². The second-order valence-electron chi connectivity index (χ2n) is 2.57. The van der Waals surface area contributed by atoms with Crippen LogP contribution in [0, 0.1) is 5.41 Å². The SMILES string of the molecule is CCCC(C(=O)O)(C(=O)O)C(=O)O.NN. The van der Waals surface area contributed by atoms with Crippen LogP contribution in [0.1, 0.15) is 19.8 Å². The fourth-order valence-corrected chi connectivity index (χ4v) is 0.970. The van der Waals surface area contributed by atoms with Gasteiger partial charge in [-0.3, -0.25) is 26.1 Å². The molecule has 0 fully saturated rings. The predicted octanol–water partition coefficient (Wildman–Crippen LogP) is -1.15. The summed E-state index contributed by atoms with van der Waals surface area (Å²) < 4.78 is 0. The molecular formula is C7H14N2O6. The molecule has 88 valence electrons. The van der Waals surface area contributed by atoms with Crippen LogP contribution in [-0.2, 0) is 14.4 Å². The molecule has 0 aromatic carbocycles. The Labute approximate surface area is 85.5 Å². The van der Waals surface area contributed by atoms with Crippen molar-refractivity contribution >= 4 is 17.9 Å². The monoisotopic (exact) mass is 222 g/mol. The number of nitrogens with two attached hydrogens (primary N) is 2. The van der Waals surface area contributed by atoms with Gasteiger partial charge in [-0.05, 0) is 6.42 Å². The highest BCUT2D eigenvalue weighted by molar-refractivity contribution is 6.16. The van der Waals surface area contributed by atoms with Crippen molar-refractivity contribution in [2.75, 3.05) is 0 Å². The van der Waals surface area contributed by atoms with Gasteiger partial charge in [0.25, 0.3) is 5.41 Å². The molecule has 8 heteroatoms. The average Bonchev–Trinajstić information content (AvgIpc) is 2.15. The molecule has 0 aliphatic heterocycles. The van der Waals surface area contributed by atoms with E-state index >= 15 is 0 Å². The molecule has 0 heterocycles. The van der Waals surface area contributed by atoms with Gasteiger partial charge in [0.2, 0.25) is 0 Å². The molecule has 0 saturated carbocycles. The number of rotatable bonds is 5. The molecule has 0 atom stereocenters. The van der Waals surface area contributed by atoms with E-state index in [1.165, 1.54) is 6.92 Å². The smallest absolute Gasteiger partial charge is 0.332 e. The van der Waals surface area contributed by atoms with Crippen LogP contribution in [0.15, 0.2) is 0 Å². The largest absolute Gasteiger partial charge is 0.480 e. The van der Waals surface area contributed by atoms with Gasteiger partial charge in [0.1, 0.15) is 0 Å². The van der Waals surface area contributed by atoms with E-state index in [0.29, 0.717) is 0 Å². The van der Waals surface area contributed by atoms with Crippen molar-refractivity contribution in [2.45, 2.75) is 19.8 Å². The van der Waals surface area contributed by atoms with E-state index < -0.39 is 29.7 Å². The molecule has 0 aliphatic carbocycles. The lowest BCUT2D eigenvalue weighted by molar-refractivity contribution is -0.176. The fourth-order valence-electron chi connectivity index (χ4n) is 0.970. The molecule has 7 N–H and O–H groups in total. The lowest BCUT2D eigenvalue weighted by atomic mass is 9.83. The number of carbonyl (C=O) groups is 3. The minimum Gasteiger partial charge on any atom is -0.480 e. The Morgan fingerprint density at radius 1 is 1.00 bits per heavy atom. The third kappa shape index (κ3) is 3.18. The van der Waals surface area contributed by atoms with Crippen molar-refractivity contribution in [3.63, 3.8) is 0 Å². The van der Waals surface area contributed by atoms with Crippen molar-refractivity contribution in [1.29, 1.82) is 0 Å². The molecule has 0 bridgehead atoms. The minimum atomic E-state index is -2.70. The Morgan fingerprint density at radius 2 is 1.27 bits per heavy atom. The first kappa shape index (κ1) is 15.8. The van der Waals surface area contributed by atoms with Crippen molar-refractivity contribution < 1.29 is 29.7 Å². The van der Waals surface area contributed by atoms with Gasteiger partial charge in [-0.15, -0.1) is 0 Å². The number of aliphatic carboxylic acids is 3. The van der Waals surface area contributed by atoms with Crippen molar-refractivity contribution in [3.8, 4) is 0 Å². The first-order chi connectivity index (χ1) is 6.89. The summed E-state index contributed by atoms with van der Waals surface area (Å²) in [6.45, 7) is 1.52. The van der Waals surface area contributed by atoms with Crippen LogP contribution in [0.2, 0.25) is 0 Å². The number of hydrogen-bond donors (Lipinski definition) is 5. The number of carboxylic acid groups (broad SMARTS) is 3. The fraction of sp³-hybridized carbons (Fsp3) is 0.571. The van der Waals surface area contributed by atoms with Crippen LogP contribution in [-0.4, -0.2) is 33.2 Å². The Morgan fingerprint density at radius 3 is 1.33 bits per heavy atom. The Balaban J connectivity index is 0. The molecule has 0 aromatic heterocycles. The molecule has 0 rings (SSSR count). The van der Waals surface area contributed by atoms with E-state index in [4.69, 9.17) is 15.3 Å². The maximum atomic E-state index is 10.5. The van der Waals surface area contributed by atoms with Crippen molar-refractivity contribution in [2.24, 2.45) is 17.1 Å². The third-order valence-corrected chi connectivity index (χ3v) is 1.72. The van der Waals surface area contributed by atoms with Gasteiger partial charge in [-0.25, -0.2) is 0 Å². The molecule has 8 nitrogen and oxygen atoms in total. The Hall–Kier alpha value is -1.67. The molecule has 0 aliphatic rings. The van der Waals surface area contributed by atoms with Crippen LogP contribution in [0.25, 0.3) is 0 Å². The summed E-state index contributed by atoms with van der Waals surface area (Å²) in [5.74, 6) is 2.48. The zero-order chi connectivity index (χ0) is 12.6. The zero-order valence-electron chi connectivity index (χ0n) is 8.14.